The van der Waals surface area contributed by atoms with Gasteiger partial charge in [0.05, 0.1) is 12.7 Å². The molecular formula is C16H25NO2S. The zero-order valence-electron chi connectivity index (χ0n) is 12.3. The van der Waals surface area contributed by atoms with E-state index in [4.69, 9.17) is 9.47 Å². The van der Waals surface area contributed by atoms with Crippen LogP contribution < -0.4 is 5.32 Å². The summed E-state index contributed by atoms with van der Waals surface area (Å²) in [6, 6.07) is 2.27. The summed E-state index contributed by atoms with van der Waals surface area (Å²) in [7, 11) is 1.76. The number of methoxy groups -OCH3 is 1. The molecule has 0 spiro atoms. The second-order valence-corrected chi connectivity index (χ2v) is 7.00. The first-order valence-corrected chi connectivity index (χ1v) is 8.61. The smallest absolute Gasteiger partial charge is 0.0675 e. The summed E-state index contributed by atoms with van der Waals surface area (Å²) in [5.74, 6) is 0.806. The van der Waals surface area contributed by atoms with Gasteiger partial charge in [-0.25, -0.2) is 0 Å². The van der Waals surface area contributed by atoms with Crippen molar-refractivity contribution in [3.8, 4) is 0 Å². The Labute approximate surface area is 125 Å². The molecule has 1 N–H and O–H groups in total. The number of ether oxygens (including phenoxy) is 2. The molecule has 2 unspecified atom stereocenters. The maximum absolute atomic E-state index is 6.13. The van der Waals surface area contributed by atoms with Gasteiger partial charge in [0, 0.05) is 32.2 Å². The van der Waals surface area contributed by atoms with Gasteiger partial charge in [-0.3, -0.25) is 0 Å². The van der Waals surface area contributed by atoms with Crippen molar-refractivity contribution in [1.82, 2.24) is 5.32 Å². The lowest BCUT2D eigenvalue weighted by Gasteiger charge is -2.34. The minimum Gasteiger partial charge on any atom is -0.383 e. The average Bonchev–Trinajstić information content (AvgIpc) is 3.01. The molecule has 0 radical (unpaired) electrons. The van der Waals surface area contributed by atoms with Crippen molar-refractivity contribution in [2.75, 3.05) is 33.4 Å². The van der Waals surface area contributed by atoms with E-state index in [-0.39, 0.29) is 5.41 Å². The van der Waals surface area contributed by atoms with Crippen molar-refractivity contribution in [2.45, 2.75) is 31.8 Å². The molecule has 3 nitrogen and oxygen atoms in total. The normalized spacial score (nSPS) is 29.9. The highest BCUT2D eigenvalue weighted by atomic mass is 32.1. The van der Waals surface area contributed by atoms with Crippen LogP contribution in [0.2, 0.25) is 0 Å². The Hall–Kier alpha value is -0.420. The summed E-state index contributed by atoms with van der Waals surface area (Å²) >= 11 is 1.80. The Morgan fingerprint density at radius 1 is 1.50 bits per heavy atom. The fraction of sp³-hybridized carbons (Fsp3) is 0.750. The summed E-state index contributed by atoms with van der Waals surface area (Å²) in [5.41, 5.74) is 1.76. The first-order chi connectivity index (χ1) is 9.84. The van der Waals surface area contributed by atoms with Crippen molar-refractivity contribution < 1.29 is 9.47 Å². The van der Waals surface area contributed by atoms with E-state index >= 15 is 0 Å². The standard InChI is InChI=1S/C16H25NO2S/c1-18-8-6-17-12-16(10-13-4-9-20-11-13)5-7-19-15(16)14-2-3-14/h4,9,11,14-15,17H,2-3,5-8,10,12H2,1H3. The van der Waals surface area contributed by atoms with Crippen LogP contribution in [0, 0.1) is 11.3 Å². The van der Waals surface area contributed by atoms with Crippen LogP contribution in [0.4, 0.5) is 0 Å². The van der Waals surface area contributed by atoms with Gasteiger partial charge in [-0.2, -0.15) is 11.3 Å². The van der Waals surface area contributed by atoms with Crippen molar-refractivity contribution >= 4 is 11.3 Å². The third-order valence-corrected chi connectivity index (χ3v) is 5.38. The number of thiophene rings is 1. The van der Waals surface area contributed by atoms with Gasteiger partial charge < -0.3 is 14.8 Å². The fourth-order valence-electron chi connectivity index (χ4n) is 3.50. The zero-order valence-corrected chi connectivity index (χ0v) is 13.1. The van der Waals surface area contributed by atoms with Crippen LogP contribution >= 0.6 is 11.3 Å². The maximum Gasteiger partial charge on any atom is 0.0675 e. The van der Waals surface area contributed by atoms with Crippen LogP contribution in [0.5, 0.6) is 0 Å². The van der Waals surface area contributed by atoms with Gasteiger partial charge in [0.25, 0.3) is 0 Å². The number of hydrogen-bond acceptors (Lipinski definition) is 4. The first kappa shape index (κ1) is 14.5. The van der Waals surface area contributed by atoms with Gasteiger partial charge in [0.2, 0.25) is 0 Å². The van der Waals surface area contributed by atoms with E-state index in [1.807, 2.05) is 0 Å². The molecule has 112 valence electrons. The van der Waals surface area contributed by atoms with Crippen molar-refractivity contribution in [3.05, 3.63) is 22.4 Å². The molecule has 1 saturated carbocycles. The van der Waals surface area contributed by atoms with E-state index in [1.165, 1.54) is 24.8 Å². The number of rotatable bonds is 8. The second-order valence-electron chi connectivity index (χ2n) is 6.22. The lowest BCUT2D eigenvalue weighted by molar-refractivity contribution is 0.0300. The van der Waals surface area contributed by atoms with E-state index in [2.05, 4.69) is 22.1 Å². The Kier molecular flexibility index (Phi) is 4.76. The molecule has 4 heteroatoms. The van der Waals surface area contributed by atoms with Crippen LogP contribution in [0.25, 0.3) is 0 Å². The molecule has 2 aliphatic rings. The van der Waals surface area contributed by atoms with Crippen LogP contribution in [-0.2, 0) is 15.9 Å². The van der Waals surface area contributed by atoms with E-state index < -0.39 is 0 Å². The highest BCUT2D eigenvalue weighted by Gasteiger charge is 2.50. The topological polar surface area (TPSA) is 30.5 Å². The molecule has 2 heterocycles. The lowest BCUT2D eigenvalue weighted by atomic mass is 9.74. The van der Waals surface area contributed by atoms with Crippen molar-refractivity contribution in [3.63, 3.8) is 0 Å². The molecule has 1 aromatic rings. The quantitative estimate of drug-likeness (QED) is 0.748. The Bertz CT molecular complexity index is 405. The molecule has 2 fully saturated rings. The van der Waals surface area contributed by atoms with Crippen molar-refractivity contribution in [2.24, 2.45) is 11.3 Å². The molecule has 0 amide bonds. The zero-order chi connectivity index (χ0) is 13.8. The summed E-state index contributed by atoms with van der Waals surface area (Å²) in [6.45, 7) is 3.69. The van der Waals surface area contributed by atoms with Gasteiger partial charge >= 0.3 is 0 Å². The fourth-order valence-corrected chi connectivity index (χ4v) is 4.16. The predicted octanol–water partition coefficient (Wildman–Crippen LogP) is 2.71. The number of nitrogens with one attached hydrogen (secondary N) is 1. The number of hydrogen-bond donors (Lipinski definition) is 1. The molecule has 0 bridgehead atoms. The van der Waals surface area contributed by atoms with Gasteiger partial charge in [0.1, 0.15) is 0 Å². The molecule has 1 saturated heterocycles. The summed E-state index contributed by atoms with van der Waals surface area (Å²) in [5, 5.41) is 8.07. The van der Waals surface area contributed by atoms with E-state index in [1.54, 1.807) is 18.4 Å². The Morgan fingerprint density at radius 2 is 2.40 bits per heavy atom. The van der Waals surface area contributed by atoms with Gasteiger partial charge in [-0.1, -0.05) is 0 Å². The van der Waals surface area contributed by atoms with E-state index in [9.17, 15) is 0 Å². The lowest BCUT2D eigenvalue weighted by Crippen LogP contribution is -2.44. The molecule has 2 atom stereocenters. The summed E-state index contributed by atoms with van der Waals surface area (Å²) in [4.78, 5) is 0. The summed E-state index contributed by atoms with van der Waals surface area (Å²) < 4.78 is 11.3. The van der Waals surface area contributed by atoms with Crippen LogP contribution in [0.1, 0.15) is 24.8 Å². The molecule has 20 heavy (non-hydrogen) atoms. The van der Waals surface area contributed by atoms with Crippen LogP contribution in [0.15, 0.2) is 16.8 Å². The van der Waals surface area contributed by atoms with Gasteiger partial charge in [0.15, 0.2) is 0 Å². The molecule has 3 rings (SSSR count). The average molecular weight is 295 g/mol. The maximum atomic E-state index is 6.13. The molecule has 0 aromatic carbocycles. The van der Waals surface area contributed by atoms with Crippen LogP contribution in [0.3, 0.4) is 0 Å². The second kappa shape index (κ2) is 6.56. The van der Waals surface area contributed by atoms with Gasteiger partial charge in [-0.05, 0) is 54.0 Å². The largest absolute Gasteiger partial charge is 0.383 e. The monoisotopic (exact) mass is 295 g/mol. The van der Waals surface area contributed by atoms with Crippen molar-refractivity contribution in [1.29, 1.82) is 0 Å². The molecule has 1 aliphatic carbocycles. The minimum atomic E-state index is 0.288. The van der Waals surface area contributed by atoms with E-state index in [0.29, 0.717) is 6.10 Å². The molecule has 1 aromatic heterocycles. The molecule has 1 aliphatic heterocycles. The summed E-state index contributed by atoms with van der Waals surface area (Å²) in [6.07, 6.45) is 5.50. The predicted molar refractivity (Wildman–Crippen MR) is 82.3 cm³/mol. The highest BCUT2D eigenvalue weighted by molar-refractivity contribution is 7.07. The Balaban J connectivity index is 1.68. The minimum absolute atomic E-state index is 0.288. The Morgan fingerprint density at radius 3 is 3.10 bits per heavy atom. The molecular weight excluding hydrogens is 270 g/mol. The third kappa shape index (κ3) is 3.25. The van der Waals surface area contributed by atoms with E-state index in [0.717, 1.165) is 38.6 Å². The first-order valence-electron chi connectivity index (χ1n) is 7.66. The van der Waals surface area contributed by atoms with Gasteiger partial charge in [-0.15, -0.1) is 0 Å². The highest BCUT2D eigenvalue weighted by Crippen LogP contribution is 2.49. The third-order valence-electron chi connectivity index (χ3n) is 4.65. The SMILES string of the molecule is COCCNCC1(Cc2ccsc2)CCOC1C1CC1. The van der Waals surface area contributed by atoms with Crippen LogP contribution in [-0.4, -0.2) is 39.5 Å².